The highest BCUT2D eigenvalue weighted by atomic mass is 35.5. The summed E-state index contributed by atoms with van der Waals surface area (Å²) in [6.07, 6.45) is 5.44. The van der Waals surface area contributed by atoms with Crippen LogP contribution in [0.2, 0.25) is 10.0 Å². The number of pyridine rings is 1. The van der Waals surface area contributed by atoms with Gasteiger partial charge >= 0.3 is 0 Å². The molecule has 2 aromatic heterocycles. The van der Waals surface area contributed by atoms with E-state index in [1.807, 2.05) is 6.07 Å². The number of benzene rings is 2. The van der Waals surface area contributed by atoms with Crippen LogP contribution in [0.4, 0.5) is 5.69 Å². The molecule has 28 heavy (non-hydrogen) atoms. The summed E-state index contributed by atoms with van der Waals surface area (Å²) >= 11 is 12.3. The molecule has 0 unspecified atom stereocenters. The van der Waals surface area contributed by atoms with Crippen LogP contribution >= 0.6 is 23.2 Å². The molecule has 0 atom stereocenters. The summed E-state index contributed by atoms with van der Waals surface area (Å²) in [4.78, 5) is 35.9. The van der Waals surface area contributed by atoms with E-state index in [0.717, 1.165) is 6.29 Å². The van der Waals surface area contributed by atoms with Crippen molar-refractivity contribution in [2.45, 2.75) is 0 Å². The first-order valence-corrected chi connectivity index (χ1v) is 8.97. The normalized spacial score (nSPS) is 10.8. The van der Waals surface area contributed by atoms with Crippen LogP contribution in [0.25, 0.3) is 22.3 Å². The van der Waals surface area contributed by atoms with E-state index in [2.05, 4.69) is 20.3 Å². The quantitative estimate of drug-likeness (QED) is 0.463. The molecule has 0 aliphatic rings. The van der Waals surface area contributed by atoms with Gasteiger partial charge in [-0.05, 0) is 18.2 Å². The van der Waals surface area contributed by atoms with Crippen molar-refractivity contribution in [3.05, 3.63) is 76.2 Å². The number of nitrogens with one attached hydrogen (secondary N) is 2. The second-order valence-electron chi connectivity index (χ2n) is 5.90. The smallest absolute Gasteiger partial charge is 0.258 e. The average molecular weight is 411 g/mol. The number of para-hydroxylation sites is 1. The van der Waals surface area contributed by atoms with Gasteiger partial charge in [0.05, 0.1) is 26.8 Å². The molecule has 0 aliphatic heterocycles. The minimum Gasteiger partial charge on any atom is -0.345 e. The van der Waals surface area contributed by atoms with Gasteiger partial charge in [0.1, 0.15) is 5.82 Å². The number of rotatable bonds is 4. The Bertz CT molecular complexity index is 1190. The molecule has 0 aliphatic carbocycles. The van der Waals surface area contributed by atoms with Gasteiger partial charge in [0.2, 0.25) is 0 Å². The molecular formula is C20H12Cl2N4O2. The van der Waals surface area contributed by atoms with Gasteiger partial charge in [-0.15, -0.1) is 0 Å². The van der Waals surface area contributed by atoms with E-state index < -0.39 is 5.91 Å². The molecule has 4 rings (SSSR count). The predicted molar refractivity (Wildman–Crippen MR) is 109 cm³/mol. The summed E-state index contributed by atoms with van der Waals surface area (Å²) in [5.41, 5.74) is 2.15. The zero-order valence-corrected chi connectivity index (χ0v) is 15.8. The van der Waals surface area contributed by atoms with Crippen LogP contribution in [-0.2, 0) is 0 Å². The van der Waals surface area contributed by atoms with E-state index in [-0.39, 0.29) is 15.6 Å². The van der Waals surface area contributed by atoms with E-state index >= 15 is 0 Å². The lowest BCUT2D eigenvalue weighted by atomic mass is 10.0. The monoisotopic (exact) mass is 410 g/mol. The highest BCUT2D eigenvalue weighted by molar-refractivity contribution is 6.40. The van der Waals surface area contributed by atoms with Gasteiger partial charge in [0.15, 0.2) is 6.29 Å². The molecule has 0 saturated heterocycles. The SMILES string of the molecule is O=Cc1cnc2c(NC(=O)c3c(Cl)cccc3Cl)cccc2c1-c1ncc[nH]1. The molecule has 0 radical (unpaired) electrons. The van der Waals surface area contributed by atoms with Crippen molar-refractivity contribution in [2.75, 3.05) is 5.32 Å². The van der Waals surface area contributed by atoms with Crippen LogP contribution in [0.3, 0.4) is 0 Å². The lowest BCUT2D eigenvalue weighted by Crippen LogP contribution is -2.13. The second-order valence-corrected chi connectivity index (χ2v) is 6.71. The molecule has 8 heteroatoms. The lowest BCUT2D eigenvalue weighted by molar-refractivity contribution is 0.102. The maximum Gasteiger partial charge on any atom is 0.258 e. The van der Waals surface area contributed by atoms with Crippen molar-refractivity contribution < 1.29 is 9.59 Å². The molecule has 0 bridgehead atoms. The molecule has 4 aromatic rings. The molecule has 0 fully saturated rings. The van der Waals surface area contributed by atoms with Crippen LogP contribution in [-0.4, -0.2) is 27.1 Å². The molecule has 0 spiro atoms. The number of amides is 1. The first-order valence-electron chi connectivity index (χ1n) is 8.22. The fraction of sp³-hybridized carbons (Fsp3) is 0. The number of nitrogens with zero attached hydrogens (tertiary/aromatic N) is 2. The van der Waals surface area contributed by atoms with Crippen LogP contribution in [0.5, 0.6) is 0 Å². The summed E-state index contributed by atoms with van der Waals surface area (Å²) in [5, 5.41) is 3.97. The number of imidazole rings is 1. The number of H-pyrrole nitrogens is 1. The Morgan fingerprint density at radius 1 is 1.07 bits per heavy atom. The summed E-state index contributed by atoms with van der Waals surface area (Å²) < 4.78 is 0. The van der Waals surface area contributed by atoms with E-state index in [1.165, 1.54) is 6.20 Å². The number of aldehydes is 1. The molecule has 2 aromatic carbocycles. The van der Waals surface area contributed by atoms with Crippen molar-refractivity contribution in [3.63, 3.8) is 0 Å². The molecule has 138 valence electrons. The molecule has 0 saturated carbocycles. The molecule has 2 N–H and O–H groups in total. The van der Waals surface area contributed by atoms with Gasteiger partial charge in [-0.2, -0.15) is 0 Å². The van der Waals surface area contributed by atoms with Crippen LogP contribution in [0.15, 0.2) is 55.0 Å². The minimum absolute atomic E-state index is 0.179. The zero-order valence-electron chi connectivity index (χ0n) is 14.2. The maximum atomic E-state index is 12.8. The average Bonchev–Trinajstić information content (AvgIpc) is 3.21. The number of halogens is 2. The van der Waals surface area contributed by atoms with Gasteiger partial charge in [-0.25, -0.2) is 4.98 Å². The van der Waals surface area contributed by atoms with Crippen molar-refractivity contribution in [1.82, 2.24) is 15.0 Å². The van der Waals surface area contributed by atoms with Crippen LogP contribution in [0.1, 0.15) is 20.7 Å². The van der Waals surface area contributed by atoms with E-state index in [1.54, 1.807) is 42.7 Å². The van der Waals surface area contributed by atoms with Crippen LogP contribution < -0.4 is 5.32 Å². The molecular weight excluding hydrogens is 399 g/mol. The summed E-state index contributed by atoms with van der Waals surface area (Å²) in [5.74, 6) is 0.0797. The Hall–Kier alpha value is -3.22. The fourth-order valence-corrected chi connectivity index (χ4v) is 3.56. The van der Waals surface area contributed by atoms with E-state index in [0.29, 0.717) is 33.5 Å². The number of hydrogen-bond donors (Lipinski definition) is 2. The number of aromatic amines is 1. The van der Waals surface area contributed by atoms with E-state index in [4.69, 9.17) is 23.2 Å². The Morgan fingerprint density at radius 2 is 1.82 bits per heavy atom. The Balaban J connectivity index is 1.84. The van der Waals surface area contributed by atoms with Crippen molar-refractivity contribution in [1.29, 1.82) is 0 Å². The van der Waals surface area contributed by atoms with Gasteiger partial charge in [0.25, 0.3) is 5.91 Å². The van der Waals surface area contributed by atoms with Gasteiger partial charge < -0.3 is 10.3 Å². The number of fused-ring (bicyclic) bond motifs is 1. The van der Waals surface area contributed by atoms with Gasteiger partial charge in [0, 0.05) is 35.1 Å². The van der Waals surface area contributed by atoms with Gasteiger partial charge in [-0.1, -0.05) is 41.4 Å². The van der Waals surface area contributed by atoms with Gasteiger partial charge in [-0.3, -0.25) is 14.6 Å². The predicted octanol–water partition coefficient (Wildman–Crippen LogP) is 5.00. The third-order valence-electron chi connectivity index (χ3n) is 4.23. The van der Waals surface area contributed by atoms with Crippen molar-refractivity contribution in [3.8, 4) is 11.4 Å². The maximum absolute atomic E-state index is 12.8. The number of hydrogen-bond acceptors (Lipinski definition) is 4. The van der Waals surface area contributed by atoms with Crippen LogP contribution in [0, 0.1) is 0 Å². The first-order chi connectivity index (χ1) is 13.6. The summed E-state index contributed by atoms with van der Waals surface area (Å²) in [6.45, 7) is 0. The summed E-state index contributed by atoms with van der Waals surface area (Å²) in [7, 11) is 0. The second kappa shape index (κ2) is 7.42. The van der Waals surface area contributed by atoms with Crippen molar-refractivity contribution >= 4 is 52.0 Å². The topological polar surface area (TPSA) is 87.7 Å². The standard InChI is InChI=1S/C20H12Cl2N4O2/c21-13-4-2-5-14(22)17(13)20(28)26-15-6-1-3-12-16(19-23-7-8-24-19)11(10-27)9-25-18(12)15/h1-10H,(H,23,24)(H,26,28). The zero-order chi connectivity index (χ0) is 19.7. The fourth-order valence-electron chi connectivity index (χ4n) is 2.99. The third-order valence-corrected chi connectivity index (χ3v) is 4.86. The highest BCUT2D eigenvalue weighted by Gasteiger charge is 2.18. The first kappa shape index (κ1) is 18.2. The number of carbonyl (C=O) groups is 2. The number of anilines is 1. The molecule has 2 heterocycles. The number of carbonyl (C=O) groups excluding carboxylic acids is 2. The lowest BCUT2D eigenvalue weighted by Gasteiger charge is -2.12. The Morgan fingerprint density at radius 3 is 2.50 bits per heavy atom. The number of aromatic nitrogens is 3. The van der Waals surface area contributed by atoms with Crippen molar-refractivity contribution in [2.24, 2.45) is 0 Å². The highest BCUT2D eigenvalue weighted by Crippen LogP contribution is 2.32. The Labute approximate surface area is 169 Å². The molecule has 6 nitrogen and oxygen atoms in total. The van der Waals surface area contributed by atoms with E-state index in [9.17, 15) is 9.59 Å². The third kappa shape index (κ3) is 3.13. The molecule has 1 amide bonds. The summed E-state index contributed by atoms with van der Waals surface area (Å²) in [6, 6.07) is 10.1. The largest absolute Gasteiger partial charge is 0.345 e. The minimum atomic E-state index is -0.455. The Kier molecular flexibility index (Phi) is 4.81.